The summed E-state index contributed by atoms with van der Waals surface area (Å²) >= 11 is 0. The van der Waals surface area contributed by atoms with Gasteiger partial charge in [-0.3, -0.25) is 0 Å². The molecule has 1 fully saturated rings. The van der Waals surface area contributed by atoms with Crippen LogP contribution < -0.4 is 15.2 Å². The van der Waals surface area contributed by atoms with Gasteiger partial charge in [-0.15, -0.1) is 0 Å². The number of rotatable bonds is 4. The third-order valence-corrected chi connectivity index (χ3v) is 4.50. The van der Waals surface area contributed by atoms with Gasteiger partial charge >= 0.3 is 0 Å². The Hall–Kier alpha value is -1.31. The molecule has 7 heteroatoms. The Kier molecular flexibility index (Phi) is 4.28. The maximum absolute atomic E-state index is 12.3. The summed E-state index contributed by atoms with van der Waals surface area (Å²) in [4.78, 5) is 0.0561. The van der Waals surface area contributed by atoms with Crippen LogP contribution in [0, 0.1) is 0 Å². The number of nitrogens with two attached hydrogens (primary N) is 1. The summed E-state index contributed by atoms with van der Waals surface area (Å²) in [6, 6.07) is 4.33. The Morgan fingerprint density at radius 2 is 2.26 bits per heavy atom. The molecule has 2 rings (SSSR count). The fourth-order valence-electron chi connectivity index (χ4n) is 2.02. The van der Waals surface area contributed by atoms with Gasteiger partial charge in [0.25, 0.3) is 0 Å². The second-order valence-corrected chi connectivity index (χ2v) is 6.13. The molecule has 1 saturated heterocycles. The minimum atomic E-state index is -3.66. The van der Waals surface area contributed by atoms with Gasteiger partial charge in [-0.1, -0.05) is 0 Å². The maximum Gasteiger partial charge on any atom is 0.244 e. The van der Waals surface area contributed by atoms with Crippen LogP contribution in [0.4, 0.5) is 5.69 Å². The van der Waals surface area contributed by atoms with E-state index in [1.807, 2.05) is 0 Å². The minimum absolute atomic E-state index is 0.0561. The van der Waals surface area contributed by atoms with Crippen LogP contribution in [-0.4, -0.2) is 34.8 Å². The summed E-state index contributed by atoms with van der Waals surface area (Å²) in [5.41, 5.74) is 6.02. The SMILES string of the molecule is COc1ccc(N)cc1S(=O)(=O)NC1CCCOC1. The van der Waals surface area contributed by atoms with Crippen molar-refractivity contribution in [2.75, 3.05) is 26.1 Å². The number of ether oxygens (including phenoxy) is 2. The third kappa shape index (κ3) is 3.37. The second-order valence-electron chi connectivity index (χ2n) is 4.45. The Balaban J connectivity index is 2.25. The zero-order valence-corrected chi connectivity index (χ0v) is 11.6. The highest BCUT2D eigenvalue weighted by Crippen LogP contribution is 2.26. The number of sulfonamides is 1. The third-order valence-electron chi connectivity index (χ3n) is 2.96. The summed E-state index contributed by atoms with van der Waals surface area (Å²) in [5, 5.41) is 0. The number of benzene rings is 1. The number of methoxy groups -OCH3 is 1. The molecule has 3 N–H and O–H groups in total. The van der Waals surface area contributed by atoms with E-state index in [1.54, 1.807) is 12.1 Å². The van der Waals surface area contributed by atoms with E-state index >= 15 is 0 Å². The average molecular weight is 286 g/mol. The lowest BCUT2D eigenvalue weighted by Crippen LogP contribution is -2.40. The first kappa shape index (κ1) is 14.1. The summed E-state index contributed by atoms with van der Waals surface area (Å²) in [6.07, 6.45) is 1.62. The summed E-state index contributed by atoms with van der Waals surface area (Å²) < 4.78 is 37.6. The van der Waals surface area contributed by atoms with E-state index < -0.39 is 10.0 Å². The van der Waals surface area contributed by atoms with Gasteiger partial charge in [0, 0.05) is 18.3 Å². The lowest BCUT2D eigenvalue weighted by Gasteiger charge is -2.23. The van der Waals surface area contributed by atoms with Crippen molar-refractivity contribution in [3.8, 4) is 5.75 Å². The molecular weight excluding hydrogens is 268 g/mol. The van der Waals surface area contributed by atoms with Crippen LogP contribution in [0.25, 0.3) is 0 Å². The van der Waals surface area contributed by atoms with Crippen LogP contribution in [0.1, 0.15) is 12.8 Å². The monoisotopic (exact) mass is 286 g/mol. The molecule has 0 saturated carbocycles. The molecule has 1 aromatic carbocycles. The summed E-state index contributed by atoms with van der Waals surface area (Å²) in [7, 11) is -2.24. The summed E-state index contributed by atoms with van der Waals surface area (Å²) in [6.45, 7) is 1.07. The zero-order valence-electron chi connectivity index (χ0n) is 10.8. The lowest BCUT2D eigenvalue weighted by atomic mass is 10.1. The fourth-order valence-corrected chi connectivity index (χ4v) is 3.48. The molecule has 106 valence electrons. The average Bonchev–Trinajstić information content (AvgIpc) is 2.39. The van der Waals surface area contributed by atoms with Crippen LogP contribution in [-0.2, 0) is 14.8 Å². The number of anilines is 1. The molecule has 0 radical (unpaired) electrons. The minimum Gasteiger partial charge on any atom is -0.495 e. The van der Waals surface area contributed by atoms with Crippen molar-refractivity contribution in [1.29, 1.82) is 0 Å². The molecule has 0 spiro atoms. The number of hydrogen-bond acceptors (Lipinski definition) is 5. The van der Waals surface area contributed by atoms with Crippen LogP contribution >= 0.6 is 0 Å². The van der Waals surface area contributed by atoms with Crippen molar-refractivity contribution in [3.63, 3.8) is 0 Å². The predicted octanol–water partition coefficient (Wildman–Crippen LogP) is 0.735. The van der Waals surface area contributed by atoms with Crippen molar-refractivity contribution < 1.29 is 17.9 Å². The second kappa shape index (κ2) is 5.77. The van der Waals surface area contributed by atoms with Gasteiger partial charge in [-0.2, -0.15) is 0 Å². The first-order chi connectivity index (χ1) is 9.03. The normalized spacial score (nSPS) is 20.2. The van der Waals surface area contributed by atoms with Gasteiger partial charge in [0.15, 0.2) is 0 Å². The topological polar surface area (TPSA) is 90.7 Å². The Morgan fingerprint density at radius 3 is 2.89 bits per heavy atom. The van der Waals surface area contributed by atoms with Gasteiger partial charge in [0.1, 0.15) is 10.6 Å². The van der Waals surface area contributed by atoms with E-state index in [-0.39, 0.29) is 16.7 Å². The van der Waals surface area contributed by atoms with E-state index in [2.05, 4.69) is 4.72 Å². The zero-order chi connectivity index (χ0) is 13.9. The van der Waals surface area contributed by atoms with Crippen LogP contribution in [0.3, 0.4) is 0 Å². The van der Waals surface area contributed by atoms with E-state index in [4.69, 9.17) is 15.2 Å². The van der Waals surface area contributed by atoms with Gasteiger partial charge in [0.05, 0.1) is 13.7 Å². The molecule has 0 aromatic heterocycles. The quantitative estimate of drug-likeness (QED) is 0.796. The summed E-state index contributed by atoms with van der Waals surface area (Å²) in [5.74, 6) is 0.276. The van der Waals surface area contributed by atoms with Gasteiger partial charge in [0.2, 0.25) is 10.0 Å². The highest BCUT2D eigenvalue weighted by Gasteiger charge is 2.25. The van der Waals surface area contributed by atoms with E-state index in [9.17, 15) is 8.42 Å². The van der Waals surface area contributed by atoms with Crippen LogP contribution in [0.15, 0.2) is 23.1 Å². The van der Waals surface area contributed by atoms with Crippen molar-refractivity contribution in [1.82, 2.24) is 4.72 Å². The highest BCUT2D eigenvalue weighted by atomic mass is 32.2. The molecule has 1 unspecified atom stereocenters. The fraction of sp³-hybridized carbons (Fsp3) is 0.500. The number of hydrogen-bond donors (Lipinski definition) is 2. The lowest BCUT2D eigenvalue weighted by molar-refractivity contribution is 0.0774. The molecule has 0 amide bonds. The van der Waals surface area contributed by atoms with E-state index in [1.165, 1.54) is 13.2 Å². The molecule has 1 aromatic rings. The van der Waals surface area contributed by atoms with Crippen LogP contribution in [0.2, 0.25) is 0 Å². The van der Waals surface area contributed by atoms with E-state index in [0.717, 1.165) is 12.8 Å². The predicted molar refractivity (Wildman–Crippen MR) is 71.6 cm³/mol. The Bertz CT molecular complexity index is 539. The Labute approximate surface area is 112 Å². The van der Waals surface area contributed by atoms with Gasteiger partial charge < -0.3 is 15.2 Å². The molecule has 1 heterocycles. The first-order valence-electron chi connectivity index (χ1n) is 6.06. The van der Waals surface area contributed by atoms with Crippen molar-refractivity contribution in [2.24, 2.45) is 0 Å². The molecule has 1 aliphatic rings. The van der Waals surface area contributed by atoms with Crippen molar-refractivity contribution in [2.45, 2.75) is 23.8 Å². The van der Waals surface area contributed by atoms with Gasteiger partial charge in [-0.05, 0) is 31.0 Å². The van der Waals surface area contributed by atoms with Crippen molar-refractivity contribution in [3.05, 3.63) is 18.2 Å². The largest absolute Gasteiger partial charge is 0.495 e. The van der Waals surface area contributed by atoms with Crippen LogP contribution in [0.5, 0.6) is 5.75 Å². The number of nitrogen functional groups attached to an aromatic ring is 1. The standard InChI is InChI=1S/C12H18N2O4S/c1-17-11-5-4-9(13)7-12(11)19(15,16)14-10-3-2-6-18-8-10/h4-5,7,10,14H,2-3,6,8,13H2,1H3. The molecule has 1 aliphatic heterocycles. The molecule has 1 atom stereocenters. The number of nitrogens with one attached hydrogen (secondary N) is 1. The van der Waals surface area contributed by atoms with Crippen molar-refractivity contribution >= 4 is 15.7 Å². The molecule has 0 bridgehead atoms. The maximum atomic E-state index is 12.3. The molecular formula is C12H18N2O4S. The first-order valence-corrected chi connectivity index (χ1v) is 7.55. The smallest absolute Gasteiger partial charge is 0.244 e. The van der Waals surface area contributed by atoms with E-state index in [0.29, 0.717) is 18.9 Å². The highest BCUT2D eigenvalue weighted by molar-refractivity contribution is 7.89. The van der Waals surface area contributed by atoms with Gasteiger partial charge in [-0.25, -0.2) is 13.1 Å². The molecule has 19 heavy (non-hydrogen) atoms. The molecule has 0 aliphatic carbocycles. The Morgan fingerprint density at radius 1 is 1.47 bits per heavy atom. The molecule has 6 nitrogen and oxygen atoms in total.